The molecule has 0 bridgehead atoms. The molecule has 4 N–H and O–H groups in total. The van der Waals surface area contributed by atoms with Crippen molar-refractivity contribution >= 4 is 17.9 Å². The van der Waals surface area contributed by atoms with E-state index in [2.05, 4.69) is 20.8 Å². The van der Waals surface area contributed by atoms with E-state index in [0.717, 1.165) is 77.0 Å². The molecule has 0 saturated heterocycles. The molecule has 0 aliphatic heterocycles. The van der Waals surface area contributed by atoms with Crippen LogP contribution in [0.15, 0.2) is 0 Å². The van der Waals surface area contributed by atoms with Crippen molar-refractivity contribution in [3.05, 3.63) is 0 Å². The molecular formula is C26H54O7Ti. The van der Waals surface area contributed by atoms with Crippen LogP contribution in [0.3, 0.4) is 0 Å². The molecule has 0 radical (unpaired) electrons. The van der Waals surface area contributed by atoms with E-state index in [-0.39, 0.29) is 46.1 Å². The normalized spacial score (nSPS) is 12.0. The molecule has 0 fully saturated rings. The summed E-state index contributed by atoms with van der Waals surface area (Å²) >= 11 is 0. The minimum atomic E-state index is -0.643. The smallest absolute Gasteiger partial charge is 0.306 e. The van der Waals surface area contributed by atoms with Gasteiger partial charge in [0.05, 0.1) is 17.8 Å². The maximum atomic E-state index is 10.4. The molecule has 8 heteroatoms. The molecule has 0 rings (SSSR count). The predicted octanol–water partition coefficient (Wildman–Crippen LogP) is 6.86. The molecule has 7 nitrogen and oxygen atoms in total. The first-order valence-corrected chi connectivity index (χ1v) is 12.9. The quantitative estimate of drug-likeness (QED) is 0.171. The fraction of sp³-hybridized carbons (Fsp3) is 0.885. The Morgan fingerprint density at radius 1 is 0.529 bits per heavy atom. The Hall–Kier alpha value is -0.916. The number of aliphatic hydroxyl groups is 1. The summed E-state index contributed by atoms with van der Waals surface area (Å²) in [4.78, 5) is 31.3. The summed E-state index contributed by atoms with van der Waals surface area (Å²) in [5.74, 6) is -2.26. The maximum absolute atomic E-state index is 10.4. The summed E-state index contributed by atoms with van der Waals surface area (Å²) in [5, 5.41) is 33.4. The van der Waals surface area contributed by atoms with Gasteiger partial charge in [-0.05, 0) is 45.4 Å². The summed E-state index contributed by atoms with van der Waals surface area (Å²) < 4.78 is 0. The van der Waals surface area contributed by atoms with Crippen molar-refractivity contribution in [3.8, 4) is 0 Å². The second-order valence-electron chi connectivity index (χ2n) is 8.07. The third-order valence-corrected chi connectivity index (χ3v) is 5.24. The van der Waals surface area contributed by atoms with Gasteiger partial charge in [-0.2, -0.15) is 0 Å². The van der Waals surface area contributed by atoms with Crippen LogP contribution in [0.1, 0.15) is 126 Å². The molecule has 0 heterocycles. The molecule has 0 aromatic heterocycles. The van der Waals surface area contributed by atoms with Crippen LogP contribution in [0.25, 0.3) is 0 Å². The second-order valence-corrected chi connectivity index (χ2v) is 8.07. The Balaban J connectivity index is -0.000000115. The third kappa shape index (κ3) is 33.3. The molecule has 0 aromatic rings. The first-order valence-electron chi connectivity index (χ1n) is 12.9. The molecule has 204 valence electrons. The van der Waals surface area contributed by atoms with Gasteiger partial charge in [-0.15, -0.1) is 0 Å². The van der Waals surface area contributed by atoms with Gasteiger partial charge < -0.3 is 20.4 Å². The number of carboxylic acid groups (broad SMARTS) is 3. The Bertz CT molecular complexity index is 383. The average Bonchev–Trinajstić information content (AvgIpc) is 2.76. The molecule has 3 atom stereocenters. The number of hydrogen-bond donors (Lipinski definition) is 4. The molecular weight excluding hydrogens is 472 g/mol. The minimum absolute atomic E-state index is 0. The fourth-order valence-electron chi connectivity index (χ4n) is 2.86. The zero-order chi connectivity index (χ0) is 26.7. The van der Waals surface area contributed by atoms with Crippen molar-refractivity contribution in [2.75, 3.05) is 6.61 Å². The zero-order valence-electron chi connectivity index (χ0n) is 22.9. The van der Waals surface area contributed by atoms with E-state index in [1.165, 1.54) is 0 Å². The van der Waals surface area contributed by atoms with Crippen molar-refractivity contribution in [1.29, 1.82) is 0 Å². The zero-order valence-corrected chi connectivity index (χ0v) is 24.5. The number of unbranched alkanes of at least 4 members (excludes halogenated alkanes) is 3. The molecule has 3 unspecified atom stereocenters. The molecule has 0 amide bonds. The molecule has 0 saturated carbocycles. The first kappa shape index (κ1) is 43.2. The van der Waals surface area contributed by atoms with Crippen LogP contribution in [0.5, 0.6) is 0 Å². The van der Waals surface area contributed by atoms with E-state index >= 15 is 0 Å². The second kappa shape index (κ2) is 34.3. The Labute approximate surface area is 224 Å². The van der Waals surface area contributed by atoms with Crippen molar-refractivity contribution < 1.29 is 56.5 Å². The van der Waals surface area contributed by atoms with Crippen LogP contribution in [0.4, 0.5) is 0 Å². The molecule has 0 aliphatic rings. The molecule has 34 heavy (non-hydrogen) atoms. The van der Waals surface area contributed by atoms with E-state index < -0.39 is 17.9 Å². The van der Waals surface area contributed by atoms with Crippen LogP contribution >= 0.6 is 0 Å². The predicted molar refractivity (Wildman–Crippen MR) is 136 cm³/mol. The van der Waals surface area contributed by atoms with Crippen LogP contribution in [-0.4, -0.2) is 44.9 Å². The number of carbonyl (C=O) groups is 3. The van der Waals surface area contributed by atoms with Gasteiger partial charge >= 0.3 is 17.9 Å². The van der Waals surface area contributed by atoms with Gasteiger partial charge in [-0.3, -0.25) is 14.4 Å². The fourth-order valence-corrected chi connectivity index (χ4v) is 2.86. The summed E-state index contributed by atoms with van der Waals surface area (Å²) in [7, 11) is 0. The minimum Gasteiger partial charge on any atom is -0.481 e. The SMILES string of the molecule is CCCCC(CC)C(=O)O.CCCCC(CC)C(=O)O.CCCCC(CC)C(=O)O.CCO.[Ti]. The first-order chi connectivity index (χ1) is 15.6. The van der Waals surface area contributed by atoms with E-state index in [9.17, 15) is 14.4 Å². The van der Waals surface area contributed by atoms with E-state index in [0.29, 0.717) is 0 Å². The van der Waals surface area contributed by atoms with Gasteiger partial charge in [0.2, 0.25) is 0 Å². The number of hydrogen-bond acceptors (Lipinski definition) is 4. The van der Waals surface area contributed by atoms with Gasteiger partial charge in [0, 0.05) is 28.3 Å². The van der Waals surface area contributed by atoms with E-state index in [4.69, 9.17) is 20.4 Å². The van der Waals surface area contributed by atoms with Gasteiger partial charge in [-0.1, -0.05) is 80.1 Å². The monoisotopic (exact) mass is 526 g/mol. The average molecular weight is 527 g/mol. The van der Waals surface area contributed by atoms with Crippen LogP contribution in [0, 0.1) is 17.8 Å². The van der Waals surface area contributed by atoms with Crippen LogP contribution in [-0.2, 0) is 36.1 Å². The Morgan fingerprint density at radius 3 is 0.794 bits per heavy atom. The van der Waals surface area contributed by atoms with Crippen LogP contribution in [0.2, 0.25) is 0 Å². The molecule has 0 spiro atoms. The van der Waals surface area contributed by atoms with Crippen LogP contribution < -0.4 is 0 Å². The van der Waals surface area contributed by atoms with Gasteiger partial charge in [-0.25, -0.2) is 0 Å². The standard InChI is InChI=1S/3C8H16O2.C2H6O.Ti/c3*1-3-5-6-7(4-2)8(9)10;1-2-3;/h3*7H,3-6H2,1-2H3,(H,9,10);3H,2H2,1H3;. The van der Waals surface area contributed by atoms with Crippen molar-refractivity contribution in [1.82, 2.24) is 0 Å². The largest absolute Gasteiger partial charge is 0.481 e. The Kier molecular flexibility index (Phi) is 43.5. The van der Waals surface area contributed by atoms with Gasteiger partial charge in [0.1, 0.15) is 0 Å². The Morgan fingerprint density at radius 2 is 0.706 bits per heavy atom. The maximum Gasteiger partial charge on any atom is 0.306 e. The van der Waals surface area contributed by atoms with Crippen molar-refractivity contribution in [2.24, 2.45) is 17.8 Å². The van der Waals surface area contributed by atoms with Gasteiger partial charge in [0.15, 0.2) is 0 Å². The summed E-state index contributed by atoms with van der Waals surface area (Å²) in [6.07, 6.45) is 11.1. The third-order valence-electron chi connectivity index (χ3n) is 5.24. The number of aliphatic carboxylic acids is 3. The summed E-state index contributed by atoms with van der Waals surface area (Å²) in [6.45, 7) is 13.9. The van der Waals surface area contributed by atoms with E-state index in [1.807, 2.05) is 20.8 Å². The van der Waals surface area contributed by atoms with E-state index in [1.54, 1.807) is 6.92 Å². The van der Waals surface area contributed by atoms with Gasteiger partial charge in [0.25, 0.3) is 0 Å². The topological polar surface area (TPSA) is 132 Å². The number of carboxylic acids is 3. The summed E-state index contributed by atoms with van der Waals surface area (Å²) in [5.41, 5.74) is 0. The summed E-state index contributed by atoms with van der Waals surface area (Å²) in [6, 6.07) is 0. The van der Waals surface area contributed by atoms with Crippen molar-refractivity contribution in [3.63, 3.8) is 0 Å². The van der Waals surface area contributed by atoms with Crippen molar-refractivity contribution in [2.45, 2.75) is 126 Å². The molecule has 0 aromatic carbocycles. The molecule has 0 aliphatic carbocycles. The number of aliphatic hydroxyl groups excluding tert-OH is 1. The number of rotatable bonds is 15.